The van der Waals surface area contributed by atoms with Crippen LogP contribution in [0.4, 0.5) is 0 Å². The highest BCUT2D eigenvalue weighted by molar-refractivity contribution is 5.78. The minimum atomic E-state index is -0.292. The first-order chi connectivity index (χ1) is 9.72. The number of aromatic nitrogens is 2. The van der Waals surface area contributed by atoms with Gasteiger partial charge in [0.2, 0.25) is 5.76 Å². The second kappa shape index (κ2) is 4.85. The summed E-state index contributed by atoms with van der Waals surface area (Å²) in [5.74, 6) is 1.26. The molecule has 2 aromatic heterocycles. The molecule has 2 heterocycles. The van der Waals surface area contributed by atoms with Crippen LogP contribution in [0.5, 0.6) is 0 Å². The summed E-state index contributed by atoms with van der Waals surface area (Å²) < 4.78 is 14.2. The van der Waals surface area contributed by atoms with Gasteiger partial charge in [0, 0.05) is 0 Å². The second-order valence-corrected chi connectivity index (χ2v) is 4.51. The molecule has 0 aliphatic carbocycles. The molecular weight excluding hydrogens is 256 g/mol. The normalized spacial score (nSPS) is 10.9. The first-order valence-electron chi connectivity index (χ1n) is 6.30. The van der Waals surface area contributed by atoms with Crippen molar-refractivity contribution < 1.29 is 18.5 Å². The Labute approximate surface area is 116 Å². The van der Waals surface area contributed by atoms with Crippen LogP contribution in [0.1, 0.15) is 0 Å². The third kappa shape index (κ3) is 1.87. The maximum Gasteiger partial charge on any atom is 0.348 e. The van der Waals surface area contributed by atoms with Gasteiger partial charge in [0.05, 0.1) is 20.4 Å². The molecule has 0 radical (unpaired) electrons. The Morgan fingerprint density at radius 2 is 2.10 bits per heavy atom. The summed E-state index contributed by atoms with van der Waals surface area (Å²) in [5, 5.41) is 0. The Kier molecular flexibility index (Phi) is 3.02. The van der Waals surface area contributed by atoms with E-state index in [1.165, 1.54) is 7.11 Å². The van der Waals surface area contributed by atoms with Crippen LogP contribution >= 0.6 is 0 Å². The number of carbonyl (C=O) groups is 1. The Balaban J connectivity index is 2.28. The maximum atomic E-state index is 11.7. The lowest BCUT2D eigenvalue weighted by molar-refractivity contribution is -0.634. The van der Waals surface area contributed by atoms with E-state index < -0.39 is 0 Å². The fraction of sp³-hybridized carbons (Fsp3) is 0.200. The van der Waals surface area contributed by atoms with Gasteiger partial charge in [0.1, 0.15) is 0 Å². The zero-order valence-electron chi connectivity index (χ0n) is 11.4. The molecule has 0 aliphatic rings. The number of hydrogen-bond donors (Lipinski definition) is 0. The average molecular weight is 271 g/mol. The van der Waals surface area contributed by atoms with E-state index in [1.807, 2.05) is 52.6 Å². The van der Waals surface area contributed by atoms with Gasteiger partial charge in [-0.3, -0.25) is 0 Å². The van der Waals surface area contributed by atoms with Gasteiger partial charge in [0.25, 0.3) is 0 Å². The summed E-state index contributed by atoms with van der Waals surface area (Å²) in [5.41, 5.74) is 2.00. The Bertz CT molecular complexity index is 757. The lowest BCUT2D eigenvalue weighted by Gasteiger charge is -2.00. The third-order valence-corrected chi connectivity index (χ3v) is 3.36. The minimum absolute atomic E-state index is 0.147. The molecule has 0 spiro atoms. The molecule has 5 nitrogen and oxygen atoms in total. The number of fused-ring (bicyclic) bond motifs is 1. The van der Waals surface area contributed by atoms with E-state index in [9.17, 15) is 4.79 Å². The van der Waals surface area contributed by atoms with Crippen molar-refractivity contribution in [2.24, 2.45) is 7.05 Å². The molecule has 0 unspecified atom stereocenters. The molecule has 0 saturated heterocycles. The molecule has 0 saturated carbocycles. The first kappa shape index (κ1) is 12.5. The maximum absolute atomic E-state index is 11.7. The molecule has 1 aromatic carbocycles. The smallest absolute Gasteiger partial charge is 0.348 e. The summed E-state index contributed by atoms with van der Waals surface area (Å²) in [6.07, 6.45) is 1.62. The van der Waals surface area contributed by atoms with Gasteiger partial charge in [-0.25, -0.2) is 13.9 Å². The largest absolute Gasteiger partial charge is 0.466 e. The number of nitrogens with zero attached hydrogens (tertiary/aromatic N) is 2. The van der Waals surface area contributed by atoms with Crippen LogP contribution in [0, 0.1) is 0 Å². The quantitative estimate of drug-likeness (QED) is 0.540. The van der Waals surface area contributed by atoms with Gasteiger partial charge in [-0.2, -0.15) is 0 Å². The van der Waals surface area contributed by atoms with Crippen LogP contribution in [0.2, 0.25) is 0 Å². The molecule has 102 valence electrons. The fourth-order valence-electron chi connectivity index (χ4n) is 2.44. The van der Waals surface area contributed by atoms with E-state index in [0.717, 1.165) is 16.9 Å². The molecule has 3 aromatic rings. The van der Waals surface area contributed by atoms with Crippen molar-refractivity contribution >= 4 is 17.0 Å². The molecule has 0 N–H and O–H groups in total. The summed E-state index contributed by atoms with van der Waals surface area (Å²) in [6, 6.07) is 11.6. The minimum Gasteiger partial charge on any atom is -0.466 e. The number of para-hydroxylation sites is 2. The van der Waals surface area contributed by atoms with E-state index >= 15 is 0 Å². The average Bonchev–Trinajstić information content (AvgIpc) is 3.07. The number of hydrogen-bond acceptors (Lipinski definition) is 3. The van der Waals surface area contributed by atoms with Crippen LogP contribution in [-0.4, -0.2) is 17.6 Å². The van der Waals surface area contributed by atoms with Crippen molar-refractivity contribution in [1.29, 1.82) is 0 Å². The standard InChI is InChI=1S/C15H15N2O3/c1-16-11-6-3-4-7-12(11)17(10-14(18)19-2)15(16)13-8-5-9-20-13/h3-9H,10H2,1-2H3/q+1. The number of ether oxygens (including phenoxy) is 1. The van der Waals surface area contributed by atoms with E-state index in [-0.39, 0.29) is 12.5 Å². The monoisotopic (exact) mass is 271 g/mol. The van der Waals surface area contributed by atoms with Gasteiger partial charge in [0.15, 0.2) is 17.6 Å². The second-order valence-electron chi connectivity index (χ2n) is 4.51. The molecule has 0 atom stereocenters. The third-order valence-electron chi connectivity index (χ3n) is 3.36. The van der Waals surface area contributed by atoms with Gasteiger partial charge in [-0.15, -0.1) is 0 Å². The number of rotatable bonds is 3. The summed E-state index contributed by atoms with van der Waals surface area (Å²) in [6.45, 7) is 0.147. The topological polar surface area (TPSA) is 48.3 Å². The van der Waals surface area contributed by atoms with Crippen molar-refractivity contribution in [3.05, 3.63) is 42.7 Å². The van der Waals surface area contributed by atoms with Crippen LogP contribution < -0.4 is 4.57 Å². The summed E-state index contributed by atoms with van der Waals surface area (Å²) in [4.78, 5) is 11.7. The Hall–Kier alpha value is -2.56. The van der Waals surface area contributed by atoms with Gasteiger partial charge in [-0.1, -0.05) is 12.1 Å². The molecule has 3 rings (SSSR count). The number of aryl methyl sites for hydroxylation is 1. The summed E-state index contributed by atoms with van der Waals surface area (Å²) in [7, 11) is 3.34. The van der Waals surface area contributed by atoms with Crippen molar-refractivity contribution in [2.45, 2.75) is 6.54 Å². The van der Waals surface area contributed by atoms with E-state index in [1.54, 1.807) is 6.26 Å². The number of imidazole rings is 1. The van der Waals surface area contributed by atoms with Crippen LogP contribution in [0.15, 0.2) is 47.1 Å². The molecule has 0 aliphatic heterocycles. The van der Waals surface area contributed by atoms with Crippen molar-refractivity contribution in [3.63, 3.8) is 0 Å². The molecule has 0 amide bonds. The molecular formula is C15H15N2O3+. The van der Waals surface area contributed by atoms with E-state index in [4.69, 9.17) is 9.15 Å². The lowest BCUT2D eigenvalue weighted by Crippen LogP contribution is -2.30. The lowest BCUT2D eigenvalue weighted by atomic mass is 10.3. The van der Waals surface area contributed by atoms with E-state index in [0.29, 0.717) is 5.76 Å². The highest BCUT2D eigenvalue weighted by Crippen LogP contribution is 2.23. The number of furan rings is 1. The predicted molar refractivity (Wildman–Crippen MR) is 72.8 cm³/mol. The van der Waals surface area contributed by atoms with Gasteiger partial charge in [-0.05, 0) is 24.3 Å². The van der Waals surface area contributed by atoms with E-state index in [2.05, 4.69) is 0 Å². The number of esters is 1. The first-order valence-corrected chi connectivity index (χ1v) is 6.30. The SMILES string of the molecule is COC(=O)Cn1c(-c2ccco2)[n+](C)c2ccccc21. The zero-order valence-corrected chi connectivity index (χ0v) is 11.4. The van der Waals surface area contributed by atoms with Crippen LogP contribution in [0.25, 0.3) is 22.6 Å². The van der Waals surface area contributed by atoms with Crippen molar-refractivity contribution in [3.8, 4) is 11.6 Å². The number of methoxy groups -OCH3 is 1. The molecule has 0 bridgehead atoms. The highest BCUT2D eigenvalue weighted by atomic mass is 16.5. The zero-order chi connectivity index (χ0) is 14.1. The summed E-state index contributed by atoms with van der Waals surface area (Å²) >= 11 is 0. The Morgan fingerprint density at radius 1 is 1.30 bits per heavy atom. The van der Waals surface area contributed by atoms with Crippen molar-refractivity contribution in [2.75, 3.05) is 7.11 Å². The van der Waals surface area contributed by atoms with Crippen LogP contribution in [-0.2, 0) is 23.1 Å². The number of benzene rings is 1. The molecule has 5 heteroatoms. The van der Waals surface area contributed by atoms with Gasteiger partial charge < -0.3 is 9.15 Å². The fourth-order valence-corrected chi connectivity index (χ4v) is 2.44. The molecule has 20 heavy (non-hydrogen) atoms. The van der Waals surface area contributed by atoms with Gasteiger partial charge >= 0.3 is 11.8 Å². The Morgan fingerprint density at radius 3 is 2.80 bits per heavy atom. The van der Waals surface area contributed by atoms with Crippen LogP contribution in [0.3, 0.4) is 0 Å². The molecule has 0 fully saturated rings. The number of carbonyl (C=O) groups excluding carboxylic acids is 1. The van der Waals surface area contributed by atoms with Crippen molar-refractivity contribution in [1.82, 2.24) is 4.57 Å². The highest BCUT2D eigenvalue weighted by Gasteiger charge is 2.27. The predicted octanol–water partition coefficient (Wildman–Crippen LogP) is 1.90.